The Morgan fingerprint density at radius 2 is 1.87 bits per heavy atom. The Balaban J connectivity index is 1.48. The van der Waals surface area contributed by atoms with Crippen LogP contribution in [0.3, 0.4) is 0 Å². The third-order valence-electron chi connectivity index (χ3n) is 6.13. The van der Waals surface area contributed by atoms with Gasteiger partial charge in [0.2, 0.25) is 5.95 Å². The van der Waals surface area contributed by atoms with Crippen molar-refractivity contribution in [2.45, 2.75) is 33.4 Å². The Morgan fingerprint density at radius 1 is 1.05 bits per heavy atom. The monoisotopic (exact) mass is 574 g/mol. The normalized spacial score (nSPS) is 14.5. The molecule has 2 heterocycles. The predicted molar refractivity (Wildman–Crippen MR) is 148 cm³/mol. The predicted octanol–water partition coefficient (Wildman–Crippen LogP) is 5.65. The topological polar surface area (TPSA) is 103 Å². The molecule has 3 aromatic carbocycles. The Hall–Kier alpha value is -4.18. The van der Waals surface area contributed by atoms with Gasteiger partial charge in [-0.1, -0.05) is 51.4 Å². The molecule has 0 fully saturated rings. The lowest BCUT2D eigenvalue weighted by molar-refractivity contribution is -0.113. The molecule has 2 N–H and O–H groups in total. The van der Waals surface area contributed by atoms with E-state index in [0.29, 0.717) is 47.6 Å². The van der Waals surface area contributed by atoms with Crippen molar-refractivity contribution >= 4 is 33.5 Å². The molecule has 5 rings (SSSR count). The van der Waals surface area contributed by atoms with Crippen LogP contribution < -0.4 is 20.1 Å². The number of carbonyl (C=O) groups is 1. The minimum Gasteiger partial charge on any atom is -0.490 e. The Morgan fingerprint density at radius 3 is 2.63 bits per heavy atom. The van der Waals surface area contributed by atoms with Crippen molar-refractivity contribution in [2.24, 2.45) is 0 Å². The molecule has 1 amide bonds. The van der Waals surface area contributed by atoms with Crippen molar-refractivity contribution in [3.63, 3.8) is 0 Å². The molecule has 0 spiro atoms. The van der Waals surface area contributed by atoms with E-state index >= 15 is 0 Å². The minimum atomic E-state index is -0.578. The molecular weight excluding hydrogens is 548 g/mol. The highest BCUT2D eigenvalue weighted by Crippen LogP contribution is 2.39. The number of ether oxygens (including phenoxy) is 2. The molecule has 1 atom stereocenters. The number of aromatic nitrogens is 4. The summed E-state index contributed by atoms with van der Waals surface area (Å²) in [5.74, 6) is 1.38. The second kappa shape index (κ2) is 11.1. The van der Waals surface area contributed by atoms with Crippen LogP contribution in [-0.4, -0.2) is 32.7 Å². The number of aryl methyl sites for hydroxylation is 1. The smallest absolute Gasteiger partial charge is 0.255 e. The maximum atomic E-state index is 13.6. The van der Waals surface area contributed by atoms with Crippen LogP contribution in [0.2, 0.25) is 0 Å². The summed E-state index contributed by atoms with van der Waals surface area (Å²) in [6.07, 6.45) is 0. The average molecular weight is 575 g/mol. The molecule has 4 aromatic rings. The Kier molecular flexibility index (Phi) is 7.41. The third-order valence-corrected chi connectivity index (χ3v) is 6.65. The lowest BCUT2D eigenvalue weighted by atomic mass is 9.94. The second-order valence-corrected chi connectivity index (χ2v) is 9.81. The van der Waals surface area contributed by atoms with Gasteiger partial charge in [0.1, 0.15) is 12.6 Å². The first-order chi connectivity index (χ1) is 18.4. The van der Waals surface area contributed by atoms with Crippen LogP contribution in [0.5, 0.6) is 11.5 Å². The van der Waals surface area contributed by atoms with Crippen molar-refractivity contribution in [1.29, 1.82) is 0 Å². The van der Waals surface area contributed by atoms with Crippen molar-refractivity contribution in [1.82, 2.24) is 20.2 Å². The molecule has 9 nitrogen and oxygen atoms in total. The quantitative estimate of drug-likeness (QED) is 0.280. The van der Waals surface area contributed by atoms with E-state index in [-0.39, 0.29) is 5.91 Å². The van der Waals surface area contributed by atoms with Crippen LogP contribution in [-0.2, 0) is 11.4 Å². The third kappa shape index (κ3) is 5.40. The Bertz CT molecular complexity index is 1500. The van der Waals surface area contributed by atoms with E-state index in [2.05, 4.69) is 42.1 Å². The summed E-state index contributed by atoms with van der Waals surface area (Å²) < 4.78 is 14.7. The molecule has 10 heteroatoms. The fourth-order valence-electron chi connectivity index (χ4n) is 4.36. The van der Waals surface area contributed by atoms with Crippen LogP contribution >= 0.6 is 15.9 Å². The summed E-state index contributed by atoms with van der Waals surface area (Å²) in [5, 5.41) is 18.3. The number of anilines is 2. The number of rotatable bonds is 8. The summed E-state index contributed by atoms with van der Waals surface area (Å²) in [4.78, 5) is 13.6. The van der Waals surface area contributed by atoms with Gasteiger partial charge in [0.25, 0.3) is 5.91 Å². The standard InChI is InChI=1S/C28H27BrN6O3/c1-4-37-24-15-20(10-13-23(24)38-16-19-8-11-21(29)12-9-19)26-25(18(3)30-28-32-33-34-35(26)28)27(36)31-22-7-5-6-17(2)14-22/h5-15,26H,4,16H2,1-3H3,(H,31,36)(H,30,32,34). The van der Waals surface area contributed by atoms with Gasteiger partial charge in [-0.15, -0.1) is 0 Å². The SMILES string of the molecule is CCOc1cc(C2C(C(=O)Nc3cccc(C)c3)=C(C)Nc3nnnn32)ccc1OCc1ccc(Br)cc1. The summed E-state index contributed by atoms with van der Waals surface area (Å²) in [7, 11) is 0. The number of amides is 1. The van der Waals surface area contributed by atoms with Crippen LogP contribution in [0.25, 0.3) is 0 Å². The van der Waals surface area contributed by atoms with E-state index in [4.69, 9.17) is 9.47 Å². The van der Waals surface area contributed by atoms with Crippen LogP contribution in [0.4, 0.5) is 11.6 Å². The van der Waals surface area contributed by atoms with E-state index in [1.807, 2.05) is 87.5 Å². The van der Waals surface area contributed by atoms with Gasteiger partial charge in [-0.3, -0.25) is 4.79 Å². The van der Waals surface area contributed by atoms with Gasteiger partial charge in [0, 0.05) is 15.9 Å². The average Bonchev–Trinajstić information content (AvgIpc) is 3.36. The molecule has 0 saturated heterocycles. The van der Waals surface area contributed by atoms with Crippen molar-refractivity contribution in [3.05, 3.63) is 99.2 Å². The molecule has 0 bridgehead atoms. The summed E-state index contributed by atoms with van der Waals surface area (Å²) in [6.45, 7) is 6.58. The zero-order valence-corrected chi connectivity index (χ0v) is 22.8. The molecule has 0 aliphatic carbocycles. The number of allylic oxidation sites excluding steroid dienone is 1. The highest BCUT2D eigenvalue weighted by molar-refractivity contribution is 9.10. The largest absolute Gasteiger partial charge is 0.490 e. The number of hydrogen-bond donors (Lipinski definition) is 2. The molecule has 0 radical (unpaired) electrons. The van der Waals surface area contributed by atoms with E-state index in [0.717, 1.165) is 21.2 Å². The second-order valence-electron chi connectivity index (χ2n) is 8.89. The van der Waals surface area contributed by atoms with E-state index in [1.54, 1.807) is 4.68 Å². The number of tetrazole rings is 1. The lowest BCUT2D eigenvalue weighted by Crippen LogP contribution is -2.31. The number of carbonyl (C=O) groups excluding carboxylic acids is 1. The first-order valence-electron chi connectivity index (χ1n) is 12.2. The van der Waals surface area contributed by atoms with Gasteiger partial charge in [0.05, 0.1) is 12.2 Å². The number of halogens is 1. The lowest BCUT2D eigenvalue weighted by Gasteiger charge is -2.28. The molecular formula is C28H27BrN6O3. The van der Waals surface area contributed by atoms with Crippen molar-refractivity contribution in [2.75, 3.05) is 17.2 Å². The summed E-state index contributed by atoms with van der Waals surface area (Å²) in [6, 6.07) is 20.7. The maximum absolute atomic E-state index is 13.6. The summed E-state index contributed by atoms with van der Waals surface area (Å²) in [5.41, 5.74) is 4.74. The fourth-order valence-corrected chi connectivity index (χ4v) is 4.62. The zero-order chi connectivity index (χ0) is 26.6. The van der Waals surface area contributed by atoms with Crippen LogP contribution in [0.1, 0.15) is 36.6 Å². The number of benzene rings is 3. The summed E-state index contributed by atoms with van der Waals surface area (Å²) >= 11 is 3.46. The molecule has 1 unspecified atom stereocenters. The van der Waals surface area contributed by atoms with Gasteiger partial charge in [0.15, 0.2) is 11.5 Å². The molecule has 0 saturated carbocycles. The number of hydrogen-bond acceptors (Lipinski definition) is 7. The van der Waals surface area contributed by atoms with Crippen LogP contribution in [0, 0.1) is 6.92 Å². The number of nitrogens with one attached hydrogen (secondary N) is 2. The van der Waals surface area contributed by atoms with E-state index < -0.39 is 6.04 Å². The van der Waals surface area contributed by atoms with Gasteiger partial charge in [-0.2, -0.15) is 4.68 Å². The first-order valence-corrected chi connectivity index (χ1v) is 13.0. The first kappa shape index (κ1) is 25.5. The fraction of sp³-hybridized carbons (Fsp3) is 0.214. The van der Waals surface area contributed by atoms with Gasteiger partial charge in [-0.25, -0.2) is 0 Å². The van der Waals surface area contributed by atoms with E-state index in [9.17, 15) is 4.79 Å². The van der Waals surface area contributed by atoms with Crippen molar-refractivity contribution in [3.8, 4) is 11.5 Å². The van der Waals surface area contributed by atoms with Gasteiger partial charge in [-0.05, 0) is 84.3 Å². The molecule has 1 aromatic heterocycles. The maximum Gasteiger partial charge on any atom is 0.255 e. The van der Waals surface area contributed by atoms with Crippen LogP contribution in [0.15, 0.2) is 82.5 Å². The zero-order valence-electron chi connectivity index (χ0n) is 21.2. The van der Waals surface area contributed by atoms with Gasteiger partial charge < -0.3 is 20.1 Å². The van der Waals surface area contributed by atoms with E-state index in [1.165, 1.54) is 0 Å². The number of fused-ring (bicyclic) bond motifs is 1. The highest BCUT2D eigenvalue weighted by atomic mass is 79.9. The highest BCUT2D eigenvalue weighted by Gasteiger charge is 2.34. The van der Waals surface area contributed by atoms with Gasteiger partial charge >= 0.3 is 0 Å². The molecule has 1 aliphatic heterocycles. The Labute approximate surface area is 229 Å². The number of nitrogens with zero attached hydrogens (tertiary/aromatic N) is 4. The van der Waals surface area contributed by atoms with Crippen molar-refractivity contribution < 1.29 is 14.3 Å². The molecule has 38 heavy (non-hydrogen) atoms. The molecule has 1 aliphatic rings. The molecule has 194 valence electrons. The minimum absolute atomic E-state index is 0.250.